The first kappa shape index (κ1) is 76.0. The summed E-state index contributed by atoms with van der Waals surface area (Å²) in [6.45, 7) is 7.07. The van der Waals surface area contributed by atoms with Crippen LogP contribution in [0.15, 0.2) is 96.5 Å². The summed E-state index contributed by atoms with van der Waals surface area (Å²) >= 11 is 0. The van der Waals surface area contributed by atoms with Gasteiger partial charge in [0.1, 0.15) is 35.3 Å². The highest BCUT2D eigenvalue weighted by atomic mass is 16.5. The summed E-state index contributed by atoms with van der Waals surface area (Å²) in [6.07, 6.45) is 15.7. The molecule has 5 amide bonds. The zero-order valence-corrected chi connectivity index (χ0v) is 58.7. The van der Waals surface area contributed by atoms with E-state index in [1.54, 1.807) is 136 Å². The van der Waals surface area contributed by atoms with Gasteiger partial charge < -0.3 is 72.8 Å². The lowest BCUT2D eigenvalue weighted by molar-refractivity contribution is -0.124. The van der Waals surface area contributed by atoms with Crippen molar-refractivity contribution in [3.05, 3.63) is 148 Å². The Bertz CT molecular complexity index is 4360. The number of carbonyl (C=O) groups is 12. The second-order valence-electron chi connectivity index (χ2n) is 25.2. The van der Waals surface area contributed by atoms with E-state index in [1.807, 2.05) is 6.92 Å². The number of Topliss-reactive ketones (excluding diaryl/α,β-unsaturated/α-hetero) is 7. The molecule has 0 radical (unpaired) electrons. The number of hydrogen-bond acceptors (Lipinski definition) is 17. The third-order valence-corrected chi connectivity index (χ3v) is 16.7. The molecule has 1 unspecified atom stereocenters. The molecule has 0 aromatic carbocycles. The average molecular weight is 1390 g/mol. The molecule has 1 aliphatic rings. The molecule has 1 aliphatic heterocycles. The first-order valence-electron chi connectivity index (χ1n) is 33.3. The molecule has 29 nitrogen and oxygen atoms in total. The lowest BCUT2D eigenvalue weighted by atomic mass is 9.99. The molecule has 7 aromatic heterocycles. The van der Waals surface area contributed by atoms with Gasteiger partial charge in [-0.2, -0.15) is 0 Å². The van der Waals surface area contributed by atoms with Crippen LogP contribution < -0.4 is 26.6 Å². The fraction of sp³-hybridized carbons (Fsp3) is 0.417. The topological polar surface area (TPSA) is 352 Å². The van der Waals surface area contributed by atoms with Crippen molar-refractivity contribution in [2.75, 3.05) is 67.5 Å². The van der Waals surface area contributed by atoms with Crippen LogP contribution in [-0.2, 0) is 107 Å². The number of ketones is 7. The minimum atomic E-state index is -0.573. The van der Waals surface area contributed by atoms with Gasteiger partial charge in [-0.25, -0.2) is 4.98 Å². The summed E-state index contributed by atoms with van der Waals surface area (Å²) in [7, 11) is 11.7. The van der Waals surface area contributed by atoms with Crippen molar-refractivity contribution in [2.45, 2.75) is 97.8 Å². The monoisotopic (exact) mass is 1390 g/mol. The Hall–Kier alpha value is -10.8. The van der Waals surface area contributed by atoms with Gasteiger partial charge in [-0.05, 0) is 72.4 Å². The van der Waals surface area contributed by atoms with Crippen LogP contribution in [0.1, 0.15) is 169 Å². The number of hydrogen-bond donors (Lipinski definition) is 5. The number of carbonyl (C=O) groups excluding carboxylic acids is 12. The van der Waals surface area contributed by atoms with E-state index < -0.39 is 23.6 Å². The lowest BCUT2D eigenvalue weighted by Gasteiger charge is -2.06. The largest absolute Gasteiger partial charge is 0.379 e. The van der Waals surface area contributed by atoms with Gasteiger partial charge >= 0.3 is 0 Å². The fourth-order valence-corrected chi connectivity index (χ4v) is 11.7. The van der Waals surface area contributed by atoms with Crippen molar-refractivity contribution >= 4 is 98.6 Å². The van der Waals surface area contributed by atoms with E-state index in [0.717, 1.165) is 0 Å². The van der Waals surface area contributed by atoms with E-state index >= 15 is 0 Å². The fourth-order valence-electron chi connectivity index (χ4n) is 11.7. The van der Waals surface area contributed by atoms with Gasteiger partial charge in [-0.3, -0.25) is 62.5 Å². The van der Waals surface area contributed by atoms with Crippen molar-refractivity contribution in [1.29, 1.82) is 0 Å². The average Bonchev–Trinajstić information content (AvgIpc) is 1.69. The predicted octanol–water partition coefficient (Wildman–Crippen LogP) is 7.00. The van der Waals surface area contributed by atoms with E-state index in [-0.39, 0.29) is 139 Å². The lowest BCUT2D eigenvalue weighted by Crippen LogP contribution is -2.27. The van der Waals surface area contributed by atoms with E-state index in [2.05, 4.69) is 36.6 Å². The standard InChI is InChI=1S/C72H88N14O15/c1-11-53(88)43-101-24-23-100-22-21-99-20-14-17-54(89)15-12-18-62(91)56-28-47(37-80(56)4)30-63(92)57-29-48(38-82(57)6)31-65(94)67-44(2)25-49(75-67)35-64(93)58-27-46(36-81(58)5)26-55(90)16-13-19-73-72(98)68-78-66(42-86(68)10)79-71(97)61-34-52(41-85(61)9)77-70(96)60-33-51(40-84(60)8)76-69(95)59-32-50(39-83(59)7)74-45(3)87/h25,27-29,32-34,36-42,44H,11-24,26,30-31,35,43H2,1-10H3,(H,73,98)(H,74,87)(H,76,95)(H,77,96)(H,79,97). The molecule has 0 fully saturated rings. The Kier molecular flexibility index (Phi) is 26.6. The molecule has 0 bridgehead atoms. The number of allylic oxidation sites excluding steroid dienone is 2. The first-order chi connectivity index (χ1) is 48.1. The second kappa shape index (κ2) is 35.3. The molecule has 536 valence electrons. The van der Waals surface area contributed by atoms with Crippen LogP contribution in [0.4, 0.5) is 22.9 Å². The Morgan fingerprint density at radius 3 is 1.46 bits per heavy atom. The highest BCUT2D eigenvalue weighted by Gasteiger charge is 2.28. The molecule has 0 saturated heterocycles. The Labute approximate surface area is 584 Å². The Balaban J connectivity index is 0.715. The van der Waals surface area contributed by atoms with E-state index in [0.29, 0.717) is 127 Å². The molecular formula is C72H88N14O15. The minimum absolute atomic E-state index is 0.00243. The van der Waals surface area contributed by atoms with Gasteiger partial charge in [0.25, 0.3) is 23.6 Å². The maximum Gasteiger partial charge on any atom is 0.287 e. The highest BCUT2D eigenvalue weighted by molar-refractivity contribution is 6.42. The van der Waals surface area contributed by atoms with Crippen LogP contribution in [0.3, 0.4) is 0 Å². The molecule has 5 N–H and O–H groups in total. The molecule has 8 heterocycles. The molecule has 29 heteroatoms. The maximum atomic E-state index is 13.7. The Morgan fingerprint density at radius 2 is 0.901 bits per heavy atom. The van der Waals surface area contributed by atoms with Gasteiger partial charge in [-0.15, -0.1) is 0 Å². The number of ether oxygens (including phenoxy) is 3. The molecule has 0 spiro atoms. The van der Waals surface area contributed by atoms with E-state index in [9.17, 15) is 57.5 Å². The van der Waals surface area contributed by atoms with Crippen LogP contribution in [0.2, 0.25) is 0 Å². The van der Waals surface area contributed by atoms with Crippen molar-refractivity contribution < 1.29 is 71.7 Å². The van der Waals surface area contributed by atoms with Crippen LogP contribution in [0, 0.1) is 5.92 Å². The minimum Gasteiger partial charge on any atom is -0.379 e. The smallest absolute Gasteiger partial charge is 0.287 e. The number of anilines is 4. The van der Waals surface area contributed by atoms with E-state index in [4.69, 9.17) is 14.2 Å². The number of aromatic nitrogens is 8. The van der Waals surface area contributed by atoms with Gasteiger partial charge in [0, 0.05) is 176 Å². The summed E-state index contributed by atoms with van der Waals surface area (Å²) in [5.41, 5.74) is 5.58. The van der Waals surface area contributed by atoms with Crippen LogP contribution in [-0.4, -0.2) is 159 Å². The number of nitrogens with zero attached hydrogens (tertiary/aromatic N) is 9. The summed E-state index contributed by atoms with van der Waals surface area (Å²) in [5, 5.41) is 13.6. The van der Waals surface area contributed by atoms with Gasteiger partial charge in [-0.1, -0.05) is 19.9 Å². The van der Waals surface area contributed by atoms with Crippen LogP contribution in [0.25, 0.3) is 0 Å². The normalized spacial score (nSPS) is 12.6. The van der Waals surface area contributed by atoms with Gasteiger partial charge in [0.15, 0.2) is 34.7 Å². The number of imidazole rings is 1. The van der Waals surface area contributed by atoms with Crippen molar-refractivity contribution in [1.82, 2.24) is 42.3 Å². The number of rotatable bonds is 41. The number of nitrogens with one attached hydrogen (secondary N) is 5. The summed E-state index contributed by atoms with van der Waals surface area (Å²) < 4.78 is 27.2. The van der Waals surface area contributed by atoms with Crippen molar-refractivity contribution in [3.63, 3.8) is 0 Å². The Morgan fingerprint density at radius 1 is 0.436 bits per heavy atom. The summed E-state index contributed by atoms with van der Waals surface area (Å²) in [5.74, 6) is -3.51. The van der Waals surface area contributed by atoms with Crippen molar-refractivity contribution in [2.24, 2.45) is 60.2 Å². The highest BCUT2D eigenvalue weighted by Crippen LogP contribution is 2.26. The summed E-state index contributed by atoms with van der Waals surface area (Å²) in [4.78, 5) is 165. The molecule has 7 aromatic rings. The van der Waals surface area contributed by atoms with Gasteiger partial charge in [0.05, 0.1) is 72.7 Å². The molecule has 0 saturated carbocycles. The quantitative estimate of drug-likeness (QED) is 0.0190. The zero-order chi connectivity index (χ0) is 73.2. The molecule has 8 rings (SSSR count). The number of aryl methyl sites for hydroxylation is 7. The van der Waals surface area contributed by atoms with E-state index in [1.165, 1.54) is 45.0 Å². The maximum absolute atomic E-state index is 13.7. The second-order valence-corrected chi connectivity index (χ2v) is 25.2. The summed E-state index contributed by atoms with van der Waals surface area (Å²) in [6, 6.07) is 9.53. The van der Waals surface area contributed by atoms with Crippen LogP contribution in [0.5, 0.6) is 0 Å². The zero-order valence-electron chi connectivity index (χ0n) is 58.7. The van der Waals surface area contributed by atoms with Crippen molar-refractivity contribution in [3.8, 4) is 0 Å². The third-order valence-electron chi connectivity index (χ3n) is 16.7. The third kappa shape index (κ3) is 21.4. The molecule has 101 heavy (non-hydrogen) atoms. The first-order valence-corrected chi connectivity index (χ1v) is 33.3. The predicted molar refractivity (Wildman–Crippen MR) is 375 cm³/mol. The molecular weight excluding hydrogens is 1300 g/mol. The SMILES string of the molecule is CCC(=O)COCCOCCOCCCC(=O)CCCC(=O)c1cc(CC(=O)c2cc(CC(=O)C3=NC(CC(=O)c4cc(CC(=O)CCCNC(=O)c5nc(NC(=O)c6cc(NC(=O)c7cc(NC(=O)c8cc(NC(C)=O)cn8C)cn7C)cn6C)cn5C)cn4C)=CC3C)cn2C)cn1C. The number of aliphatic imine (C=N–C) groups is 1. The molecule has 0 aliphatic carbocycles. The number of amides is 5. The van der Waals surface area contributed by atoms with Gasteiger partial charge in [0.2, 0.25) is 11.7 Å². The van der Waals surface area contributed by atoms with Crippen LogP contribution >= 0.6 is 0 Å². The molecule has 1 atom stereocenters.